The zero-order chi connectivity index (χ0) is 16.1. The first-order chi connectivity index (χ1) is 11.2. The molecule has 1 saturated heterocycles. The van der Waals surface area contributed by atoms with Crippen molar-refractivity contribution in [1.29, 1.82) is 0 Å². The Labute approximate surface area is 163 Å². The summed E-state index contributed by atoms with van der Waals surface area (Å²) in [7, 11) is 0. The highest BCUT2D eigenvalue weighted by Crippen LogP contribution is 2.27. The molecule has 2 aromatic rings. The first-order valence-corrected chi connectivity index (χ1v) is 8.47. The summed E-state index contributed by atoms with van der Waals surface area (Å²) >= 11 is 0. The lowest BCUT2D eigenvalue weighted by molar-refractivity contribution is 0.101. The van der Waals surface area contributed by atoms with E-state index in [0.29, 0.717) is 12.5 Å². The Morgan fingerprint density at radius 1 is 1.00 bits per heavy atom. The van der Waals surface area contributed by atoms with Crippen molar-refractivity contribution in [1.82, 2.24) is 4.90 Å². The molecule has 3 nitrogen and oxygen atoms in total. The molecule has 1 aliphatic rings. The van der Waals surface area contributed by atoms with E-state index in [1.807, 2.05) is 18.2 Å². The van der Waals surface area contributed by atoms with E-state index in [1.54, 1.807) is 0 Å². The molecule has 25 heavy (non-hydrogen) atoms. The summed E-state index contributed by atoms with van der Waals surface area (Å²) in [5.74, 6) is 0.578. The number of aliphatic hydroxyl groups excluding tert-OH is 1. The van der Waals surface area contributed by atoms with Crippen molar-refractivity contribution in [3.05, 3.63) is 71.8 Å². The number of β-amino-alcohol motifs (C(OH)–C–C–N with tert-alkyl or cyclic N) is 1. The van der Waals surface area contributed by atoms with Crippen molar-refractivity contribution in [2.45, 2.75) is 30.9 Å². The Bertz CT molecular complexity index is 597. The van der Waals surface area contributed by atoms with Gasteiger partial charge in [0.1, 0.15) is 0 Å². The molecule has 0 amide bonds. The molecular weight excluding hydrogens is 355 g/mol. The third-order valence-corrected chi connectivity index (χ3v) is 4.80. The summed E-state index contributed by atoms with van der Waals surface area (Å²) in [6, 6.07) is 20.6. The van der Waals surface area contributed by atoms with Gasteiger partial charge in [0.2, 0.25) is 0 Å². The predicted molar refractivity (Wildman–Crippen MR) is 109 cm³/mol. The second kappa shape index (κ2) is 10.8. The molecule has 0 radical (unpaired) electrons. The average molecular weight is 383 g/mol. The fourth-order valence-electron chi connectivity index (χ4n) is 3.42. The molecule has 0 spiro atoms. The van der Waals surface area contributed by atoms with Gasteiger partial charge in [-0.05, 0) is 36.4 Å². The standard InChI is InChI=1S/C20H26N2O.2ClH/c21-19(13-16-7-3-1-4-8-16)20(23)15-22-12-11-18(14-22)17-9-5-2-6-10-17;;/h1-10,18-20,23H,11-15,21H2;2*1H/t18?,19-,20+;;/m1../s1. The van der Waals surface area contributed by atoms with Crippen LogP contribution in [0.5, 0.6) is 0 Å². The van der Waals surface area contributed by atoms with Crippen LogP contribution in [-0.4, -0.2) is 41.8 Å². The summed E-state index contributed by atoms with van der Waals surface area (Å²) in [6.07, 6.45) is 1.40. The predicted octanol–water partition coefficient (Wildman–Crippen LogP) is 3.25. The summed E-state index contributed by atoms with van der Waals surface area (Å²) in [5, 5.41) is 10.4. The minimum absolute atomic E-state index is 0. The molecule has 1 unspecified atom stereocenters. The van der Waals surface area contributed by atoms with Crippen LogP contribution in [0.15, 0.2) is 60.7 Å². The minimum Gasteiger partial charge on any atom is -0.390 e. The first kappa shape index (κ1) is 21.9. The van der Waals surface area contributed by atoms with Crippen LogP contribution in [0.4, 0.5) is 0 Å². The number of hydrogen-bond acceptors (Lipinski definition) is 3. The van der Waals surface area contributed by atoms with E-state index in [2.05, 4.69) is 47.4 Å². The van der Waals surface area contributed by atoms with Crippen LogP contribution in [0.2, 0.25) is 0 Å². The molecule has 3 N–H and O–H groups in total. The van der Waals surface area contributed by atoms with Crippen LogP contribution in [0.1, 0.15) is 23.5 Å². The van der Waals surface area contributed by atoms with E-state index < -0.39 is 6.10 Å². The molecule has 0 bridgehead atoms. The number of likely N-dealkylation sites (tertiary alicyclic amines) is 1. The van der Waals surface area contributed by atoms with Gasteiger partial charge in [0.15, 0.2) is 0 Å². The van der Waals surface area contributed by atoms with Gasteiger partial charge in [0.25, 0.3) is 0 Å². The van der Waals surface area contributed by atoms with Gasteiger partial charge in [-0.3, -0.25) is 0 Å². The van der Waals surface area contributed by atoms with Gasteiger partial charge in [-0.25, -0.2) is 0 Å². The van der Waals surface area contributed by atoms with Gasteiger partial charge in [0, 0.05) is 19.1 Å². The van der Waals surface area contributed by atoms with Gasteiger partial charge in [-0.1, -0.05) is 60.7 Å². The second-order valence-corrected chi connectivity index (χ2v) is 6.58. The Kier molecular flexibility index (Phi) is 9.47. The number of nitrogens with two attached hydrogens (primary N) is 1. The third-order valence-electron chi connectivity index (χ3n) is 4.80. The van der Waals surface area contributed by atoms with Crippen LogP contribution in [0.25, 0.3) is 0 Å². The summed E-state index contributed by atoms with van der Waals surface area (Å²) in [5.41, 5.74) is 8.78. The SMILES string of the molecule is Cl.Cl.N[C@H](Cc1ccccc1)[C@@H](O)CN1CCC(c2ccccc2)C1. The molecule has 3 rings (SSSR count). The normalized spacial score (nSPS) is 19.5. The maximum Gasteiger partial charge on any atom is 0.0820 e. The lowest BCUT2D eigenvalue weighted by Gasteiger charge is -2.24. The molecule has 3 atom stereocenters. The number of aliphatic hydroxyl groups is 1. The van der Waals surface area contributed by atoms with Crippen LogP contribution in [0, 0.1) is 0 Å². The van der Waals surface area contributed by atoms with Crippen LogP contribution < -0.4 is 5.73 Å². The van der Waals surface area contributed by atoms with Crippen LogP contribution in [-0.2, 0) is 6.42 Å². The number of benzene rings is 2. The highest BCUT2D eigenvalue weighted by molar-refractivity contribution is 5.85. The molecule has 2 aromatic carbocycles. The molecule has 138 valence electrons. The van der Waals surface area contributed by atoms with Crippen LogP contribution >= 0.6 is 24.8 Å². The van der Waals surface area contributed by atoms with Crippen molar-refractivity contribution < 1.29 is 5.11 Å². The smallest absolute Gasteiger partial charge is 0.0820 e. The summed E-state index contributed by atoms with van der Waals surface area (Å²) < 4.78 is 0. The van der Waals surface area contributed by atoms with Gasteiger partial charge in [-0.15, -0.1) is 24.8 Å². The topological polar surface area (TPSA) is 49.5 Å². The lowest BCUT2D eigenvalue weighted by atomic mass is 9.99. The van der Waals surface area contributed by atoms with E-state index in [4.69, 9.17) is 5.73 Å². The third kappa shape index (κ3) is 6.28. The zero-order valence-corrected chi connectivity index (χ0v) is 16.0. The van der Waals surface area contributed by atoms with Gasteiger partial charge < -0.3 is 15.7 Å². The lowest BCUT2D eigenvalue weighted by Crippen LogP contribution is -2.44. The Balaban J connectivity index is 0.00000156. The van der Waals surface area contributed by atoms with Gasteiger partial charge >= 0.3 is 0 Å². The fourth-order valence-corrected chi connectivity index (χ4v) is 3.42. The molecule has 0 aromatic heterocycles. The highest BCUT2D eigenvalue weighted by Gasteiger charge is 2.26. The maximum absolute atomic E-state index is 10.4. The molecule has 0 saturated carbocycles. The van der Waals surface area contributed by atoms with E-state index in [0.717, 1.165) is 25.9 Å². The van der Waals surface area contributed by atoms with Crippen LogP contribution in [0.3, 0.4) is 0 Å². The molecule has 5 heteroatoms. The Morgan fingerprint density at radius 2 is 1.60 bits per heavy atom. The average Bonchev–Trinajstić information content (AvgIpc) is 3.05. The molecule has 1 fully saturated rings. The van der Waals surface area contributed by atoms with Gasteiger partial charge in [-0.2, -0.15) is 0 Å². The Hall–Kier alpha value is -1.10. The second-order valence-electron chi connectivity index (χ2n) is 6.58. The van der Waals surface area contributed by atoms with Crippen molar-refractivity contribution in [3.8, 4) is 0 Å². The number of rotatable bonds is 6. The van der Waals surface area contributed by atoms with E-state index in [-0.39, 0.29) is 30.9 Å². The number of nitrogens with zero attached hydrogens (tertiary/aromatic N) is 1. The fraction of sp³-hybridized carbons (Fsp3) is 0.400. The van der Waals surface area contributed by atoms with E-state index >= 15 is 0 Å². The molecule has 1 heterocycles. The first-order valence-electron chi connectivity index (χ1n) is 8.47. The van der Waals surface area contributed by atoms with Crippen molar-refractivity contribution in [2.75, 3.05) is 19.6 Å². The molecule has 0 aliphatic carbocycles. The Morgan fingerprint density at radius 3 is 2.24 bits per heavy atom. The monoisotopic (exact) mass is 382 g/mol. The summed E-state index contributed by atoms with van der Waals surface area (Å²) in [6.45, 7) is 2.71. The zero-order valence-electron chi connectivity index (χ0n) is 14.3. The highest BCUT2D eigenvalue weighted by atomic mass is 35.5. The van der Waals surface area contributed by atoms with Crippen molar-refractivity contribution in [3.63, 3.8) is 0 Å². The minimum atomic E-state index is -0.482. The van der Waals surface area contributed by atoms with E-state index in [9.17, 15) is 5.11 Å². The van der Waals surface area contributed by atoms with Gasteiger partial charge in [0.05, 0.1) is 6.10 Å². The maximum atomic E-state index is 10.4. The quantitative estimate of drug-likeness (QED) is 0.805. The molecular formula is C20H28Cl2N2O. The largest absolute Gasteiger partial charge is 0.390 e. The number of hydrogen-bond donors (Lipinski definition) is 2. The summed E-state index contributed by atoms with van der Waals surface area (Å²) in [4.78, 5) is 2.34. The van der Waals surface area contributed by atoms with Crippen molar-refractivity contribution in [2.24, 2.45) is 5.73 Å². The molecule has 1 aliphatic heterocycles. The van der Waals surface area contributed by atoms with Crippen molar-refractivity contribution >= 4 is 24.8 Å². The van der Waals surface area contributed by atoms with E-state index in [1.165, 1.54) is 11.1 Å². The number of halogens is 2.